The second kappa shape index (κ2) is 12.8. The van der Waals surface area contributed by atoms with Gasteiger partial charge in [-0.3, -0.25) is 9.59 Å². The molecule has 34 heavy (non-hydrogen) atoms. The summed E-state index contributed by atoms with van der Waals surface area (Å²) in [5, 5.41) is 0.0813. The highest BCUT2D eigenvalue weighted by molar-refractivity contribution is 6.74. The van der Waals surface area contributed by atoms with Gasteiger partial charge in [-0.2, -0.15) is 0 Å². The molecule has 1 aromatic carbocycles. The smallest absolute Gasteiger partial charge is 0.192 e. The Balaban J connectivity index is 2.17. The summed E-state index contributed by atoms with van der Waals surface area (Å²) in [7, 11) is -2.02. The molecule has 1 aliphatic rings. The van der Waals surface area contributed by atoms with E-state index in [1.807, 2.05) is 37.3 Å². The highest BCUT2D eigenvalue weighted by Crippen LogP contribution is 2.39. The lowest BCUT2D eigenvalue weighted by Crippen LogP contribution is -2.46. The van der Waals surface area contributed by atoms with Gasteiger partial charge in [0.1, 0.15) is 6.10 Å². The molecule has 1 aromatic rings. The van der Waals surface area contributed by atoms with Crippen molar-refractivity contribution in [3.63, 3.8) is 0 Å². The Morgan fingerprint density at radius 2 is 1.74 bits per heavy atom. The van der Waals surface area contributed by atoms with Crippen LogP contribution in [0.15, 0.2) is 54.6 Å². The number of ether oxygens (including phenoxy) is 1. The van der Waals surface area contributed by atoms with E-state index in [0.717, 1.165) is 30.4 Å². The molecule has 0 unspecified atom stereocenters. The van der Waals surface area contributed by atoms with Gasteiger partial charge in [-0.15, -0.1) is 0 Å². The zero-order chi connectivity index (χ0) is 25.4. The summed E-state index contributed by atoms with van der Waals surface area (Å²) < 4.78 is 12.7. The zero-order valence-electron chi connectivity index (χ0n) is 22.1. The molecule has 5 heteroatoms. The summed E-state index contributed by atoms with van der Waals surface area (Å²) in [5.41, 5.74) is 2.10. The van der Waals surface area contributed by atoms with Gasteiger partial charge in [0.2, 0.25) is 0 Å². The molecule has 1 aliphatic carbocycles. The van der Waals surface area contributed by atoms with Gasteiger partial charge < -0.3 is 9.16 Å². The minimum atomic E-state index is -2.02. The van der Waals surface area contributed by atoms with Gasteiger partial charge in [-0.05, 0) is 61.9 Å². The number of benzene rings is 1. The molecule has 0 saturated heterocycles. The van der Waals surface area contributed by atoms with E-state index in [9.17, 15) is 9.59 Å². The number of Topliss-reactive ketones (excluding diaryl/α,β-unsaturated/α-hetero) is 1. The van der Waals surface area contributed by atoms with Gasteiger partial charge in [0.05, 0.1) is 12.7 Å². The van der Waals surface area contributed by atoms with Gasteiger partial charge in [-0.1, -0.05) is 76.3 Å². The molecule has 0 fully saturated rings. The Hall–Kier alpha value is -1.82. The summed E-state index contributed by atoms with van der Waals surface area (Å²) >= 11 is 0. The van der Waals surface area contributed by atoms with Gasteiger partial charge in [0.25, 0.3) is 0 Å². The topological polar surface area (TPSA) is 52.6 Å². The fourth-order valence-corrected chi connectivity index (χ4v) is 5.24. The van der Waals surface area contributed by atoms with Gasteiger partial charge in [0, 0.05) is 12.3 Å². The lowest BCUT2D eigenvalue weighted by Gasteiger charge is -2.40. The van der Waals surface area contributed by atoms with E-state index in [-0.39, 0.29) is 28.6 Å². The number of allylic oxidation sites excluding steroid dienone is 2. The Morgan fingerprint density at radius 3 is 2.38 bits per heavy atom. The van der Waals surface area contributed by atoms with E-state index in [4.69, 9.17) is 9.16 Å². The number of carbonyl (C=O) groups excluding carboxylic acids is 2. The maximum Gasteiger partial charge on any atom is 0.192 e. The molecule has 0 radical (unpaired) electrons. The van der Waals surface area contributed by atoms with E-state index in [1.165, 1.54) is 0 Å². The van der Waals surface area contributed by atoms with Gasteiger partial charge >= 0.3 is 0 Å². The van der Waals surface area contributed by atoms with Crippen LogP contribution in [0, 0.1) is 5.92 Å². The summed E-state index contributed by atoms with van der Waals surface area (Å²) in [6, 6.07) is 9.85. The quantitative estimate of drug-likeness (QED) is 0.327. The lowest BCUT2D eigenvalue weighted by molar-refractivity contribution is -0.131. The van der Waals surface area contributed by atoms with Crippen LogP contribution in [-0.2, 0) is 25.4 Å². The van der Waals surface area contributed by atoms with Crippen LogP contribution >= 0.6 is 0 Å². The fraction of sp³-hybridized carbons (Fsp3) is 0.586. The molecule has 188 valence electrons. The van der Waals surface area contributed by atoms with Crippen LogP contribution < -0.4 is 0 Å². The number of hydrogen-bond donors (Lipinski definition) is 0. The van der Waals surface area contributed by atoms with Crippen molar-refractivity contribution < 1.29 is 18.8 Å². The van der Waals surface area contributed by atoms with Crippen molar-refractivity contribution in [2.45, 2.75) is 103 Å². The molecular formula is C29H44O4Si. The van der Waals surface area contributed by atoms with Gasteiger partial charge in [-0.25, -0.2) is 0 Å². The van der Waals surface area contributed by atoms with Crippen LogP contribution in [0.2, 0.25) is 18.1 Å². The number of rotatable bonds is 5. The fourth-order valence-electron chi connectivity index (χ4n) is 3.81. The van der Waals surface area contributed by atoms with Crippen LogP contribution in [0.1, 0.15) is 71.8 Å². The summed E-state index contributed by atoms with van der Waals surface area (Å²) in [6.45, 7) is 17.7. The second-order valence-corrected chi connectivity index (χ2v) is 15.9. The zero-order valence-corrected chi connectivity index (χ0v) is 23.1. The minimum absolute atomic E-state index is 0.0499. The average molecular weight is 485 g/mol. The van der Waals surface area contributed by atoms with Crippen molar-refractivity contribution >= 4 is 19.9 Å². The van der Waals surface area contributed by atoms with Gasteiger partial charge in [0.15, 0.2) is 19.9 Å². The summed E-state index contributed by atoms with van der Waals surface area (Å²) in [5.74, 6) is -0.117. The minimum Gasteiger partial charge on any atom is -0.413 e. The largest absolute Gasteiger partial charge is 0.413 e. The first-order valence-electron chi connectivity index (χ1n) is 12.6. The molecule has 0 N–H and O–H groups in total. The summed E-state index contributed by atoms with van der Waals surface area (Å²) in [4.78, 5) is 26.0. The molecule has 3 atom stereocenters. The van der Waals surface area contributed by atoms with E-state index < -0.39 is 14.4 Å². The number of carbonyl (C=O) groups is 2. The number of hydrogen-bond acceptors (Lipinski definition) is 4. The molecule has 0 saturated carbocycles. The maximum atomic E-state index is 13.1. The highest BCUT2D eigenvalue weighted by Gasteiger charge is 2.40. The second-order valence-electron chi connectivity index (χ2n) is 11.1. The van der Waals surface area contributed by atoms with Crippen molar-refractivity contribution in [2.24, 2.45) is 5.92 Å². The molecule has 0 aromatic heterocycles. The van der Waals surface area contributed by atoms with Crippen molar-refractivity contribution in [1.82, 2.24) is 0 Å². The first-order chi connectivity index (χ1) is 15.9. The van der Waals surface area contributed by atoms with Crippen molar-refractivity contribution in [2.75, 3.05) is 0 Å². The van der Waals surface area contributed by atoms with E-state index in [1.54, 1.807) is 12.2 Å². The first-order valence-corrected chi connectivity index (χ1v) is 15.5. The Kier molecular flexibility index (Phi) is 10.7. The number of ketones is 2. The SMILES string of the molecule is C=C1CCC[C@H](O[Si](C)(C)C(C)(C)C)[C@@H](C)C(=O)/C=C/C[C@@H](OCc2ccccc2)C(=O)CC1. The third kappa shape index (κ3) is 8.75. The molecule has 4 nitrogen and oxygen atoms in total. The van der Waals surface area contributed by atoms with Crippen LogP contribution in [0.3, 0.4) is 0 Å². The van der Waals surface area contributed by atoms with Crippen molar-refractivity contribution in [3.05, 3.63) is 60.2 Å². The highest BCUT2D eigenvalue weighted by atomic mass is 28.4. The molecule has 0 spiro atoms. The van der Waals surface area contributed by atoms with Crippen molar-refractivity contribution in [1.29, 1.82) is 0 Å². The Bertz CT molecular complexity index is 851. The van der Waals surface area contributed by atoms with Crippen LogP contribution in [0.25, 0.3) is 0 Å². The Labute approximate surface area is 207 Å². The maximum absolute atomic E-state index is 13.1. The molecule has 0 heterocycles. The van der Waals surface area contributed by atoms with Crippen LogP contribution in [0.5, 0.6) is 0 Å². The lowest BCUT2D eigenvalue weighted by atomic mass is 9.92. The predicted molar refractivity (Wildman–Crippen MR) is 142 cm³/mol. The Morgan fingerprint density at radius 1 is 1.06 bits per heavy atom. The molecule has 0 aliphatic heterocycles. The van der Waals surface area contributed by atoms with E-state index >= 15 is 0 Å². The standard InChI is InChI=1S/C29H44O4Si/c1-22-13-11-17-27(33-34(6,7)29(3,4)5)23(2)25(30)16-12-18-28(26(31)20-19-22)32-21-24-14-9-8-10-15-24/h8-10,12,14-16,23,27-28H,1,11,13,17-21H2,2-7H3/b16-12+/t23-,27-,28+/m0/s1. The van der Waals surface area contributed by atoms with E-state index in [0.29, 0.717) is 25.9 Å². The van der Waals surface area contributed by atoms with Crippen molar-refractivity contribution in [3.8, 4) is 0 Å². The third-order valence-corrected chi connectivity index (χ3v) is 11.8. The van der Waals surface area contributed by atoms with E-state index in [2.05, 4.69) is 40.4 Å². The van der Waals surface area contributed by atoms with Crippen LogP contribution in [0.4, 0.5) is 0 Å². The monoisotopic (exact) mass is 484 g/mol. The molecule has 2 rings (SSSR count). The molecule has 0 amide bonds. The third-order valence-electron chi connectivity index (χ3n) is 7.29. The predicted octanol–water partition coefficient (Wildman–Crippen LogP) is 7.20. The summed E-state index contributed by atoms with van der Waals surface area (Å²) in [6.07, 6.45) is 6.82. The first kappa shape index (κ1) is 28.4. The molecule has 0 bridgehead atoms. The van der Waals surface area contributed by atoms with Crippen LogP contribution in [-0.4, -0.2) is 32.1 Å². The normalized spacial score (nSPS) is 25.1. The molecular weight excluding hydrogens is 440 g/mol. The average Bonchev–Trinajstić information content (AvgIpc) is 2.77.